The number of piperazine rings is 1. The molecule has 33 heavy (non-hydrogen) atoms. The molecule has 1 aromatic carbocycles. The SMILES string of the molecule is COc1ccc(Nc2nc(N3C[C@@H](C)N[C@@H](C)C3)ncc2F)cc1NC(=O)c1cncnc1. The highest BCUT2D eigenvalue weighted by Crippen LogP contribution is 2.30. The van der Waals surface area contributed by atoms with Gasteiger partial charge in [-0.15, -0.1) is 0 Å². The highest BCUT2D eigenvalue weighted by molar-refractivity contribution is 6.04. The summed E-state index contributed by atoms with van der Waals surface area (Å²) in [6, 6.07) is 5.54. The van der Waals surface area contributed by atoms with Gasteiger partial charge >= 0.3 is 0 Å². The lowest BCUT2D eigenvalue weighted by molar-refractivity contribution is 0.102. The number of ether oxygens (including phenoxy) is 1. The first kappa shape index (κ1) is 22.3. The molecule has 10 nitrogen and oxygen atoms in total. The molecule has 1 saturated heterocycles. The zero-order valence-corrected chi connectivity index (χ0v) is 18.5. The van der Waals surface area contributed by atoms with E-state index < -0.39 is 11.7 Å². The minimum atomic E-state index is -0.585. The van der Waals surface area contributed by atoms with Crippen molar-refractivity contribution in [1.82, 2.24) is 25.3 Å². The molecule has 1 fully saturated rings. The second kappa shape index (κ2) is 9.74. The van der Waals surface area contributed by atoms with E-state index in [0.29, 0.717) is 28.6 Å². The third kappa shape index (κ3) is 5.32. The molecular formula is C22H25FN8O2. The van der Waals surface area contributed by atoms with Crippen molar-refractivity contribution in [3.63, 3.8) is 0 Å². The first-order valence-corrected chi connectivity index (χ1v) is 10.5. The molecule has 0 saturated carbocycles. The summed E-state index contributed by atoms with van der Waals surface area (Å²) in [5.41, 5.74) is 1.21. The van der Waals surface area contributed by atoms with Gasteiger partial charge < -0.3 is 25.6 Å². The topological polar surface area (TPSA) is 117 Å². The fraction of sp³-hybridized carbons (Fsp3) is 0.318. The molecule has 1 amide bonds. The highest BCUT2D eigenvalue weighted by Gasteiger charge is 2.23. The standard InChI is InChI=1S/C22H25FN8O2/c1-13-10-31(11-14(2)27-13)22-26-9-17(23)20(30-22)28-16-4-5-19(33-3)18(6-16)29-21(32)15-7-24-12-25-8-15/h4-9,12-14,27H,10-11H2,1-3H3,(H,29,32)(H,26,28,30)/t13-,14+. The lowest BCUT2D eigenvalue weighted by Gasteiger charge is -2.36. The van der Waals surface area contributed by atoms with Crippen molar-refractivity contribution in [2.45, 2.75) is 25.9 Å². The van der Waals surface area contributed by atoms with Crippen molar-refractivity contribution in [2.75, 3.05) is 35.7 Å². The van der Waals surface area contributed by atoms with E-state index in [9.17, 15) is 9.18 Å². The van der Waals surface area contributed by atoms with E-state index in [1.807, 2.05) is 4.90 Å². The van der Waals surface area contributed by atoms with E-state index in [2.05, 4.69) is 49.7 Å². The fourth-order valence-corrected chi connectivity index (χ4v) is 3.72. The number of hydrogen-bond acceptors (Lipinski definition) is 9. The molecule has 0 unspecified atom stereocenters. The zero-order chi connectivity index (χ0) is 23.4. The van der Waals surface area contributed by atoms with E-state index in [1.54, 1.807) is 18.2 Å². The molecule has 3 aromatic rings. The van der Waals surface area contributed by atoms with Crippen molar-refractivity contribution < 1.29 is 13.9 Å². The zero-order valence-electron chi connectivity index (χ0n) is 18.5. The monoisotopic (exact) mass is 452 g/mol. The van der Waals surface area contributed by atoms with Gasteiger partial charge in [0.25, 0.3) is 5.91 Å². The second-order valence-corrected chi connectivity index (χ2v) is 7.86. The van der Waals surface area contributed by atoms with E-state index in [0.717, 1.165) is 19.3 Å². The molecule has 2 atom stereocenters. The third-order valence-electron chi connectivity index (χ3n) is 5.10. The van der Waals surface area contributed by atoms with Crippen LogP contribution in [0.25, 0.3) is 0 Å². The van der Waals surface area contributed by atoms with E-state index in [-0.39, 0.29) is 17.9 Å². The average molecular weight is 452 g/mol. The minimum absolute atomic E-state index is 0.0396. The lowest BCUT2D eigenvalue weighted by Crippen LogP contribution is -2.54. The molecule has 11 heteroatoms. The van der Waals surface area contributed by atoms with Gasteiger partial charge in [-0.25, -0.2) is 19.3 Å². The molecule has 172 valence electrons. The number of aromatic nitrogens is 4. The summed E-state index contributed by atoms with van der Waals surface area (Å²) >= 11 is 0. The first-order chi connectivity index (χ1) is 15.9. The first-order valence-electron chi connectivity index (χ1n) is 10.5. The van der Waals surface area contributed by atoms with Crippen molar-refractivity contribution in [3.05, 3.63) is 54.5 Å². The number of methoxy groups -OCH3 is 1. The maximum Gasteiger partial charge on any atom is 0.258 e. The summed E-state index contributed by atoms with van der Waals surface area (Å²) < 4.78 is 19.9. The van der Waals surface area contributed by atoms with Crippen LogP contribution in [0.1, 0.15) is 24.2 Å². The Labute approximate surface area is 190 Å². The number of carbonyl (C=O) groups excluding carboxylic acids is 1. The highest BCUT2D eigenvalue weighted by atomic mass is 19.1. The predicted molar refractivity (Wildman–Crippen MR) is 123 cm³/mol. The number of nitrogens with zero attached hydrogens (tertiary/aromatic N) is 5. The van der Waals surface area contributed by atoms with E-state index in [1.165, 1.54) is 25.8 Å². The normalized spacial score (nSPS) is 18.0. The molecule has 4 rings (SSSR count). The van der Waals surface area contributed by atoms with Crippen molar-refractivity contribution in [3.8, 4) is 5.75 Å². The molecule has 1 aliphatic heterocycles. The predicted octanol–water partition coefficient (Wildman–Crippen LogP) is 2.60. The number of nitrogens with one attached hydrogen (secondary N) is 3. The lowest BCUT2D eigenvalue weighted by atomic mass is 10.1. The summed E-state index contributed by atoms with van der Waals surface area (Å²) in [5.74, 6) is -0.0531. The van der Waals surface area contributed by atoms with Gasteiger partial charge in [-0.2, -0.15) is 4.98 Å². The Hall–Kier alpha value is -3.86. The molecule has 0 spiro atoms. The molecule has 0 radical (unpaired) electrons. The van der Waals surface area contributed by atoms with Crippen molar-refractivity contribution in [2.24, 2.45) is 0 Å². The summed E-state index contributed by atoms with van der Waals surface area (Å²) in [7, 11) is 1.50. The van der Waals surface area contributed by atoms with Crippen molar-refractivity contribution >= 4 is 29.0 Å². The Balaban J connectivity index is 1.56. The van der Waals surface area contributed by atoms with Gasteiger partial charge in [-0.1, -0.05) is 0 Å². The Morgan fingerprint density at radius 1 is 1.18 bits per heavy atom. The summed E-state index contributed by atoms with van der Waals surface area (Å²) in [6.45, 7) is 5.61. The van der Waals surface area contributed by atoms with Gasteiger partial charge in [-0.3, -0.25) is 4.79 Å². The number of carbonyl (C=O) groups is 1. The largest absolute Gasteiger partial charge is 0.495 e. The quantitative estimate of drug-likeness (QED) is 0.519. The van der Waals surface area contributed by atoms with Crippen LogP contribution in [-0.2, 0) is 0 Å². The molecule has 3 N–H and O–H groups in total. The van der Waals surface area contributed by atoms with Crippen LogP contribution in [-0.4, -0.2) is 58.1 Å². The Morgan fingerprint density at radius 3 is 2.61 bits per heavy atom. The van der Waals surface area contributed by atoms with E-state index >= 15 is 0 Å². The van der Waals surface area contributed by atoms with Crippen LogP contribution in [0.4, 0.5) is 27.5 Å². The molecule has 1 aliphatic rings. The van der Waals surface area contributed by atoms with Crippen LogP contribution in [0.3, 0.4) is 0 Å². The van der Waals surface area contributed by atoms with Crippen LogP contribution in [0.15, 0.2) is 43.1 Å². The Bertz CT molecular complexity index is 1120. The number of benzene rings is 1. The van der Waals surface area contributed by atoms with Crippen LogP contribution in [0, 0.1) is 5.82 Å². The van der Waals surface area contributed by atoms with Crippen LogP contribution in [0.5, 0.6) is 5.75 Å². The van der Waals surface area contributed by atoms with Crippen LogP contribution in [0.2, 0.25) is 0 Å². The number of hydrogen-bond donors (Lipinski definition) is 3. The second-order valence-electron chi connectivity index (χ2n) is 7.86. The summed E-state index contributed by atoms with van der Waals surface area (Å²) in [4.78, 5) is 30.8. The maximum absolute atomic E-state index is 14.5. The number of amides is 1. The Kier molecular flexibility index (Phi) is 6.59. The van der Waals surface area contributed by atoms with Gasteiger partial charge in [0, 0.05) is 43.3 Å². The van der Waals surface area contributed by atoms with E-state index in [4.69, 9.17) is 4.74 Å². The molecule has 0 aliphatic carbocycles. The molecular weight excluding hydrogens is 427 g/mol. The number of halogens is 1. The summed E-state index contributed by atoms with van der Waals surface area (Å²) in [6.07, 6.45) is 5.32. The number of anilines is 4. The van der Waals surface area contributed by atoms with Gasteiger partial charge in [0.15, 0.2) is 11.6 Å². The third-order valence-corrected chi connectivity index (χ3v) is 5.10. The smallest absolute Gasteiger partial charge is 0.258 e. The summed E-state index contributed by atoms with van der Waals surface area (Å²) in [5, 5.41) is 9.19. The van der Waals surface area contributed by atoms with Crippen LogP contribution < -0.4 is 25.6 Å². The molecule has 0 bridgehead atoms. The Morgan fingerprint density at radius 2 is 1.91 bits per heavy atom. The fourth-order valence-electron chi connectivity index (χ4n) is 3.72. The molecule has 3 heterocycles. The van der Waals surface area contributed by atoms with Gasteiger partial charge in [-0.05, 0) is 32.0 Å². The average Bonchev–Trinajstić information content (AvgIpc) is 2.80. The van der Waals surface area contributed by atoms with Crippen LogP contribution >= 0.6 is 0 Å². The van der Waals surface area contributed by atoms with Gasteiger partial charge in [0.2, 0.25) is 5.95 Å². The van der Waals surface area contributed by atoms with Crippen molar-refractivity contribution in [1.29, 1.82) is 0 Å². The minimum Gasteiger partial charge on any atom is -0.495 e. The van der Waals surface area contributed by atoms with Gasteiger partial charge in [0.05, 0.1) is 24.6 Å². The van der Waals surface area contributed by atoms with Gasteiger partial charge in [0.1, 0.15) is 12.1 Å². The maximum atomic E-state index is 14.5. The number of rotatable bonds is 6. The molecule has 2 aromatic heterocycles.